The van der Waals surface area contributed by atoms with E-state index >= 15 is 0 Å². The molecule has 0 aromatic heterocycles. The summed E-state index contributed by atoms with van der Waals surface area (Å²) >= 11 is 0. The predicted octanol–water partition coefficient (Wildman–Crippen LogP) is 1.65. The SMILES string of the molecule is CC(C)CCC1COCC(N)C(=O)OC(C)C1OC(=O)C1CC1. The van der Waals surface area contributed by atoms with Gasteiger partial charge in [0.2, 0.25) is 0 Å². The van der Waals surface area contributed by atoms with E-state index in [1.54, 1.807) is 6.92 Å². The average Bonchev–Trinajstić information content (AvgIpc) is 3.31. The van der Waals surface area contributed by atoms with Crippen LogP contribution >= 0.6 is 0 Å². The monoisotopic (exact) mass is 327 g/mol. The van der Waals surface area contributed by atoms with Crippen LogP contribution in [0.2, 0.25) is 0 Å². The first-order valence-corrected chi connectivity index (χ1v) is 8.62. The van der Waals surface area contributed by atoms with Gasteiger partial charge < -0.3 is 19.9 Å². The number of hydrogen-bond donors (Lipinski definition) is 1. The molecule has 1 saturated heterocycles. The predicted molar refractivity (Wildman–Crippen MR) is 84.5 cm³/mol. The molecule has 6 nitrogen and oxygen atoms in total. The Bertz CT molecular complexity index is 421. The molecule has 2 fully saturated rings. The van der Waals surface area contributed by atoms with Crippen molar-refractivity contribution in [3.8, 4) is 0 Å². The second-order valence-corrected chi connectivity index (χ2v) is 7.19. The van der Waals surface area contributed by atoms with Gasteiger partial charge in [0.05, 0.1) is 19.1 Å². The summed E-state index contributed by atoms with van der Waals surface area (Å²) in [5, 5.41) is 0. The second kappa shape index (κ2) is 8.11. The molecule has 0 aromatic carbocycles. The minimum Gasteiger partial charge on any atom is -0.458 e. The molecule has 2 N–H and O–H groups in total. The Hall–Kier alpha value is -1.14. The summed E-state index contributed by atoms with van der Waals surface area (Å²) in [5.41, 5.74) is 5.74. The summed E-state index contributed by atoms with van der Waals surface area (Å²) in [7, 11) is 0. The fraction of sp³-hybridized carbons (Fsp3) is 0.882. The van der Waals surface area contributed by atoms with Crippen LogP contribution in [0.4, 0.5) is 0 Å². The fourth-order valence-electron chi connectivity index (χ4n) is 2.77. The normalized spacial score (nSPS) is 32.7. The number of hydrogen-bond acceptors (Lipinski definition) is 6. The summed E-state index contributed by atoms with van der Waals surface area (Å²) in [6, 6.07) is -0.791. The van der Waals surface area contributed by atoms with Crippen LogP contribution < -0.4 is 5.73 Å². The second-order valence-electron chi connectivity index (χ2n) is 7.19. The van der Waals surface area contributed by atoms with Crippen LogP contribution in [-0.2, 0) is 23.8 Å². The molecule has 1 heterocycles. The van der Waals surface area contributed by atoms with Crippen molar-refractivity contribution < 1.29 is 23.8 Å². The Balaban J connectivity index is 2.10. The number of ether oxygens (including phenoxy) is 3. The van der Waals surface area contributed by atoms with E-state index in [-0.39, 0.29) is 24.4 Å². The fourth-order valence-corrected chi connectivity index (χ4v) is 2.77. The van der Waals surface area contributed by atoms with E-state index < -0.39 is 24.2 Å². The van der Waals surface area contributed by atoms with Crippen molar-refractivity contribution in [1.29, 1.82) is 0 Å². The molecule has 2 rings (SSSR count). The van der Waals surface area contributed by atoms with Crippen LogP contribution in [0.5, 0.6) is 0 Å². The number of carbonyl (C=O) groups excluding carboxylic acids is 2. The Labute approximate surface area is 138 Å². The largest absolute Gasteiger partial charge is 0.458 e. The molecule has 132 valence electrons. The summed E-state index contributed by atoms with van der Waals surface area (Å²) < 4.78 is 16.7. The van der Waals surface area contributed by atoms with Gasteiger partial charge in [0.25, 0.3) is 0 Å². The minimum atomic E-state index is -0.791. The molecule has 6 heteroatoms. The lowest BCUT2D eigenvalue weighted by molar-refractivity contribution is -0.172. The van der Waals surface area contributed by atoms with Gasteiger partial charge in [-0.25, -0.2) is 0 Å². The van der Waals surface area contributed by atoms with E-state index in [0.717, 1.165) is 25.7 Å². The van der Waals surface area contributed by atoms with E-state index in [9.17, 15) is 9.59 Å². The zero-order valence-corrected chi connectivity index (χ0v) is 14.3. The van der Waals surface area contributed by atoms with Crippen molar-refractivity contribution in [2.45, 2.75) is 64.7 Å². The molecule has 0 spiro atoms. The lowest BCUT2D eigenvalue weighted by atomic mass is 9.91. The maximum absolute atomic E-state index is 12.1. The average molecular weight is 327 g/mol. The van der Waals surface area contributed by atoms with Crippen molar-refractivity contribution in [1.82, 2.24) is 0 Å². The van der Waals surface area contributed by atoms with Crippen molar-refractivity contribution in [2.75, 3.05) is 13.2 Å². The maximum atomic E-state index is 12.1. The van der Waals surface area contributed by atoms with Crippen LogP contribution in [0, 0.1) is 17.8 Å². The zero-order valence-electron chi connectivity index (χ0n) is 14.3. The van der Waals surface area contributed by atoms with Gasteiger partial charge in [0.1, 0.15) is 18.2 Å². The third kappa shape index (κ3) is 5.46. The van der Waals surface area contributed by atoms with Gasteiger partial charge >= 0.3 is 11.9 Å². The highest BCUT2D eigenvalue weighted by Gasteiger charge is 2.39. The molecule has 2 aliphatic rings. The van der Waals surface area contributed by atoms with E-state index in [4.69, 9.17) is 19.9 Å². The van der Waals surface area contributed by atoms with E-state index in [1.807, 2.05) is 0 Å². The lowest BCUT2D eigenvalue weighted by Crippen LogP contribution is -2.42. The highest BCUT2D eigenvalue weighted by Crippen LogP contribution is 2.32. The highest BCUT2D eigenvalue weighted by molar-refractivity contribution is 5.76. The number of carbonyl (C=O) groups is 2. The third-order valence-electron chi connectivity index (χ3n) is 4.44. The van der Waals surface area contributed by atoms with Gasteiger partial charge in [0.15, 0.2) is 0 Å². The molecular weight excluding hydrogens is 298 g/mol. The molecule has 1 aliphatic carbocycles. The van der Waals surface area contributed by atoms with E-state index in [0.29, 0.717) is 12.5 Å². The van der Waals surface area contributed by atoms with Gasteiger partial charge in [-0.2, -0.15) is 0 Å². The molecular formula is C17H29NO5. The number of rotatable bonds is 5. The van der Waals surface area contributed by atoms with Crippen LogP contribution in [-0.4, -0.2) is 43.4 Å². The molecule has 0 radical (unpaired) electrons. The molecule has 23 heavy (non-hydrogen) atoms. The van der Waals surface area contributed by atoms with Crippen molar-refractivity contribution >= 4 is 11.9 Å². The van der Waals surface area contributed by atoms with Crippen LogP contribution in [0.3, 0.4) is 0 Å². The summed E-state index contributed by atoms with van der Waals surface area (Å²) in [6.45, 7) is 6.63. The maximum Gasteiger partial charge on any atom is 0.325 e. The standard InChI is InChI=1S/C17H29NO5/c1-10(2)4-5-13-8-21-9-14(18)17(20)22-11(3)15(13)23-16(19)12-6-7-12/h10-15H,4-9,18H2,1-3H3. The lowest BCUT2D eigenvalue weighted by Gasteiger charge is -2.30. The zero-order chi connectivity index (χ0) is 17.0. The van der Waals surface area contributed by atoms with Crippen molar-refractivity contribution in [3.63, 3.8) is 0 Å². The van der Waals surface area contributed by atoms with Gasteiger partial charge in [-0.15, -0.1) is 0 Å². The summed E-state index contributed by atoms with van der Waals surface area (Å²) in [4.78, 5) is 24.0. The number of cyclic esters (lactones) is 1. The third-order valence-corrected chi connectivity index (χ3v) is 4.44. The molecule has 1 aliphatic heterocycles. The van der Waals surface area contributed by atoms with Crippen molar-refractivity contribution in [2.24, 2.45) is 23.5 Å². The molecule has 0 bridgehead atoms. The van der Waals surface area contributed by atoms with Gasteiger partial charge in [-0.1, -0.05) is 20.3 Å². The number of nitrogens with two attached hydrogens (primary N) is 1. The first kappa shape index (κ1) is 18.2. The summed E-state index contributed by atoms with van der Waals surface area (Å²) in [5.74, 6) is -0.124. The van der Waals surface area contributed by atoms with Crippen LogP contribution in [0.1, 0.15) is 46.5 Å². The van der Waals surface area contributed by atoms with E-state index in [1.165, 1.54) is 0 Å². The van der Waals surface area contributed by atoms with Crippen LogP contribution in [0.15, 0.2) is 0 Å². The van der Waals surface area contributed by atoms with Crippen LogP contribution in [0.25, 0.3) is 0 Å². The Morgan fingerprint density at radius 2 is 2.04 bits per heavy atom. The van der Waals surface area contributed by atoms with Gasteiger partial charge in [0, 0.05) is 5.92 Å². The Kier molecular flexibility index (Phi) is 6.41. The molecule has 0 aromatic rings. The quantitative estimate of drug-likeness (QED) is 0.773. The first-order valence-electron chi connectivity index (χ1n) is 8.62. The molecule has 4 atom stereocenters. The Morgan fingerprint density at radius 1 is 1.35 bits per heavy atom. The van der Waals surface area contributed by atoms with Gasteiger partial charge in [-0.3, -0.25) is 9.59 Å². The summed E-state index contributed by atoms with van der Waals surface area (Å²) in [6.07, 6.45) is 2.64. The minimum absolute atomic E-state index is 0.00759. The van der Waals surface area contributed by atoms with Crippen molar-refractivity contribution in [3.05, 3.63) is 0 Å². The molecule has 1 saturated carbocycles. The first-order chi connectivity index (χ1) is 10.9. The topological polar surface area (TPSA) is 87.8 Å². The number of esters is 2. The Morgan fingerprint density at radius 3 is 2.65 bits per heavy atom. The molecule has 0 amide bonds. The highest BCUT2D eigenvalue weighted by atomic mass is 16.6. The van der Waals surface area contributed by atoms with Gasteiger partial charge in [-0.05, 0) is 32.1 Å². The molecule has 4 unspecified atom stereocenters. The van der Waals surface area contributed by atoms with E-state index in [2.05, 4.69) is 13.8 Å². The smallest absolute Gasteiger partial charge is 0.325 e.